The van der Waals surface area contributed by atoms with Crippen LogP contribution in [-0.4, -0.2) is 42.8 Å². The van der Waals surface area contributed by atoms with E-state index in [4.69, 9.17) is 4.74 Å². The molecule has 0 radical (unpaired) electrons. The lowest BCUT2D eigenvalue weighted by Crippen LogP contribution is -2.48. The number of ether oxygens (including phenoxy) is 1. The van der Waals surface area contributed by atoms with E-state index in [1.54, 1.807) is 0 Å². The minimum Gasteiger partial charge on any atom is -0.426 e. The maximum absolute atomic E-state index is 12.2. The van der Waals surface area contributed by atoms with Gasteiger partial charge in [-0.3, -0.25) is 14.5 Å². The van der Waals surface area contributed by atoms with Crippen LogP contribution in [0, 0.1) is 5.92 Å². The Morgan fingerprint density at radius 3 is 1.79 bits per heavy atom. The molecule has 5 heteroatoms. The van der Waals surface area contributed by atoms with E-state index < -0.39 is 11.9 Å². The SMILES string of the molecule is CCC(C(C)=O)C(=O)Oc1ccc(N2CCN(C(c3ccccc3)c3ccccc3)CC2)cc1. The molecule has 0 bridgehead atoms. The summed E-state index contributed by atoms with van der Waals surface area (Å²) in [5.74, 6) is -0.870. The van der Waals surface area contributed by atoms with Crippen molar-refractivity contribution in [2.24, 2.45) is 5.92 Å². The Morgan fingerprint density at radius 2 is 1.32 bits per heavy atom. The van der Waals surface area contributed by atoms with Crippen LogP contribution >= 0.6 is 0 Å². The molecule has 0 saturated carbocycles. The van der Waals surface area contributed by atoms with Crippen LogP contribution in [0.1, 0.15) is 37.4 Å². The van der Waals surface area contributed by atoms with Crippen molar-refractivity contribution in [3.05, 3.63) is 96.1 Å². The topological polar surface area (TPSA) is 49.9 Å². The zero-order valence-corrected chi connectivity index (χ0v) is 19.9. The normalized spacial score (nSPS) is 15.2. The van der Waals surface area contributed by atoms with Crippen LogP contribution in [0.2, 0.25) is 0 Å². The lowest BCUT2D eigenvalue weighted by molar-refractivity contribution is -0.143. The fourth-order valence-corrected chi connectivity index (χ4v) is 4.66. The van der Waals surface area contributed by atoms with Crippen molar-refractivity contribution in [3.8, 4) is 5.75 Å². The molecule has 1 saturated heterocycles. The Balaban J connectivity index is 1.41. The minimum atomic E-state index is -0.699. The summed E-state index contributed by atoms with van der Waals surface area (Å²) in [7, 11) is 0. The van der Waals surface area contributed by atoms with Crippen molar-refractivity contribution in [3.63, 3.8) is 0 Å². The monoisotopic (exact) mass is 456 g/mol. The van der Waals surface area contributed by atoms with E-state index in [9.17, 15) is 9.59 Å². The molecule has 1 atom stereocenters. The fourth-order valence-electron chi connectivity index (χ4n) is 4.66. The molecule has 0 aliphatic carbocycles. The summed E-state index contributed by atoms with van der Waals surface area (Å²) in [5, 5.41) is 0. The quantitative estimate of drug-likeness (QED) is 0.268. The van der Waals surface area contributed by atoms with E-state index in [0.29, 0.717) is 12.2 Å². The van der Waals surface area contributed by atoms with Crippen LogP contribution in [0.25, 0.3) is 0 Å². The van der Waals surface area contributed by atoms with E-state index >= 15 is 0 Å². The fraction of sp³-hybridized carbons (Fsp3) is 0.310. The maximum Gasteiger partial charge on any atom is 0.321 e. The first-order chi connectivity index (χ1) is 16.6. The van der Waals surface area contributed by atoms with Crippen LogP contribution in [0.4, 0.5) is 5.69 Å². The molecule has 34 heavy (non-hydrogen) atoms. The van der Waals surface area contributed by atoms with Gasteiger partial charge in [-0.15, -0.1) is 0 Å². The molecule has 176 valence electrons. The van der Waals surface area contributed by atoms with Crippen molar-refractivity contribution in [2.75, 3.05) is 31.1 Å². The van der Waals surface area contributed by atoms with E-state index in [1.165, 1.54) is 18.1 Å². The van der Waals surface area contributed by atoms with Crippen LogP contribution < -0.4 is 9.64 Å². The second-order valence-corrected chi connectivity index (χ2v) is 8.73. The van der Waals surface area contributed by atoms with Gasteiger partial charge in [0.1, 0.15) is 17.5 Å². The summed E-state index contributed by atoms with van der Waals surface area (Å²) in [4.78, 5) is 28.8. The van der Waals surface area contributed by atoms with Crippen LogP contribution in [0.15, 0.2) is 84.9 Å². The highest BCUT2D eigenvalue weighted by Crippen LogP contribution is 2.30. The average Bonchev–Trinajstić information content (AvgIpc) is 2.87. The van der Waals surface area contributed by atoms with Crippen molar-refractivity contribution in [1.29, 1.82) is 0 Å². The summed E-state index contributed by atoms with van der Waals surface area (Å²) >= 11 is 0. The summed E-state index contributed by atoms with van der Waals surface area (Å²) in [6.45, 7) is 6.97. The smallest absolute Gasteiger partial charge is 0.321 e. The lowest BCUT2D eigenvalue weighted by atomic mass is 9.96. The summed E-state index contributed by atoms with van der Waals surface area (Å²) < 4.78 is 5.43. The van der Waals surface area contributed by atoms with Gasteiger partial charge in [-0.1, -0.05) is 67.6 Å². The molecule has 1 aliphatic rings. The van der Waals surface area contributed by atoms with Gasteiger partial charge in [0.15, 0.2) is 0 Å². The van der Waals surface area contributed by atoms with Gasteiger partial charge in [-0.25, -0.2) is 0 Å². The molecular formula is C29H32N2O3. The van der Waals surface area contributed by atoms with Gasteiger partial charge in [0.05, 0.1) is 6.04 Å². The molecule has 0 spiro atoms. The summed E-state index contributed by atoms with van der Waals surface area (Å²) in [5.41, 5.74) is 3.72. The van der Waals surface area contributed by atoms with Crippen molar-refractivity contribution >= 4 is 17.4 Å². The number of benzene rings is 3. The summed E-state index contributed by atoms with van der Waals surface area (Å²) in [6, 6.07) is 29.2. The highest BCUT2D eigenvalue weighted by molar-refractivity contribution is 5.98. The second-order valence-electron chi connectivity index (χ2n) is 8.73. The third kappa shape index (κ3) is 5.54. The van der Waals surface area contributed by atoms with Gasteiger partial charge >= 0.3 is 5.97 Å². The number of ketones is 1. The lowest BCUT2D eigenvalue weighted by Gasteiger charge is -2.40. The summed E-state index contributed by atoms with van der Waals surface area (Å²) in [6.07, 6.45) is 0.448. The average molecular weight is 457 g/mol. The third-order valence-corrected chi connectivity index (χ3v) is 6.51. The molecule has 5 nitrogen and oxygen atoms in total. The molecule has 3 aromatic rings. The zero-order chi connectivity index (χ0) is 23.9. The molecule has 0 aromatic heterocycles. The number of nitrogens with zero attached hydrogens (tertiary/aromatic N) is 2. The standard InChI is InChI=1S/C29H32N2O3/c1-3-27(22(2)32)29(33)34-26-16-14-25(15-17-26)30-18-20-31(21-19-30)28(23-10-6-4-7-11-23)24-12-8-5-9-13-24/h4-17,27-28H,3,18-21H2,1-2H3. The number of hydrogen-bond donors (Lipinski definition) is 0. The second kappa shape index (κ2) is 11.1. The Labute approximate surface area is 202 Å². The maximum atomic E-state index is 12.2. The van der Waals surface area contributed by atoms with E-state index in [-0.39, 0.29) is 11.8 Å². The van der Waals surface area contributed by atoms with Gasteiger partial charge < -0.3 is 9.64 Å². The number of carbonyl (C=O) groups excluding carboxylic acids is 2. The first-order valence-electron chi connectivity index (χ1n) is 12.0. The zero-order valence-electron chi connectivity index (χ0n) is 19.9. The van der Waals surface area contributed by atoms with Gasteiger partial charge in [0, 0.05) is 31.9 Å². The predicted molar refractivity (Wildman–Crippen MR) is 135 cm³/mol. The Bertz CT molecular complexity index is 1040. The van der Waals surface area contributed by atoms with Crippen molar-refractivity contribution in [1.82, 2.24) is 4.90 Å². The first kappa shape index (κ1) is 23.7. The number of piperazine rings is 1. The molecule has 0 amide bonds. The highest BCUT2D eigenvalue weighted by atomic mass is 16.5. The number of rotatable bonds is 8. The molecule has 4 rings (SSSR count). The number of esters is 1. The molecule has 1 aliphatic heterocycles. The van der Waals surface area contributed by atoms with Crippen molar-refractivity contribution in [2.45, 2.75) is 26.3 Å². The van der Waals surface area contributed by atoms with Crippen LogP contribution in [-0.2, 0) is 9.59 Å². The molecule has 1 fully saturated rings. The Morgan fingerprint density at radius 1 is 0.794 bits per heavy atom. The number of anilines is 1. The van der Waals surface area contributed by atoms with Crippen LogP contribution in [0.5, 0.6) is 5.75 Å². The first-order valence-corrected chi connectivity index (χ1v) is 12.0. The van der Waals surface area contributed by atoms with Gasteiger partial charge in [-0.05, 0) is 48.7 Å². The van der Waals surface area contributed by atoms with Gasteiger partial charge in [0.25, 0.3) is 0 Å². The van der Waals surface area contributed by atoms with Gasteiger partial charge in [0.2, 0.25) is 0 Å². The van der Waals surface area contributed by atoms with Gasteiger partial charge in [-0.2, -0.15) is 0 Å². The predicted octanol–water partition coefficient (Wildman–Crippen LogP) is 5.12. The Kier molecular flexibility index (Phi) is 7.76. The van der Waals surface area contributed by atoms with E-state index in [0.717, 1.165) is 31.9 Å². The molecule has 0 N–H and O–H groups in total. The molecular weight excluding hydrogens is 424 g/mol. The molecule has 3 aromatic carbocycles. The van der Waals surface area contributed by atoms with E-state index in [1.807, 2.05) is 31.2 Å². The number of carbonyl (C=O) groups is 2. The number of hydrogen-bond acceptors (Lipinski definition) is 5. The third-order valence-electron chi connectivity index (χ3n) is 6.51. The molecule has 1 unspecified atom stereocenters. The van der Waals surface area contributed by atoms with Crippen LogP contribution in [0.3, 0.4) is 0 Å². The van der Waals surface area contributed by atoms with Crippen molar-refractivity contribution < 1.29 is 14.3 Å². The number of Topliss-reactive ketones (excluding diaryl/α,β-unsaturated/α-hetero) is 1. The largest absolute Gasteiger partial charge is 0.426 e. The van der Waals surface area contributed by atoms with E-state index in [2.05, 4.69) is 70.5 Å². The highest BCUT2D eigenvalue weighted by Gasteiger charge is 2.27. The minimum absolute atomic E-state index is 0.161. The Hall–Kier alpha value is -3.44. The molecule has 1 heterocycles.